The quantitative estimate of drug-likeness (QED) is 0.420. The monoisotopic (exact) mass is 472 g/mol. The highest BCUT2D eigenvalue weighted by molar-refractivity contribution is 7.89. The third-order valence-corrected chi connectivity index (χ3v) is 7.70. The Kier molecular flexibility index (Phi) is 7.99. The lowest BCUT2D eigenvalue weighted by Gasteiger charge is -2.18. The summed E-state index contributed by atoms with van der Waals surface area (Å²) >= 11 is 0. The lowest BCUT2D eigenvalue weighted by Crippen LogP contribution is -2.32. The number of nitrogens with one attached hydrogen (secondary N) is 1. The zero-order chi connectivity index (χ0) is 24.0. The summed E-state index contributed by atoms with van der Waals surface area (Å²) in [7, 11) is -3.62. The minimum atomic E-state index is -3.62. The number of fused-ring (bicyclic) bond motifs is 1. The second-order valence-corrected chi connectivity index (χ2v) is 9.66. The van der Waals surface area contributed by atoms with Gasteiger partial charge in [0.2, 0.25) is 10.0 Å². The van der Waals surface area contributed by atoms with E-state index in [9.17, 15) is 22.8 Å². The number of ether oxygens (including phenoxy) is 1. The smallest absolute Gasteiger partial charge is 0.325 e. The molecule has 33 heavy (non-hydrogen) atoms. The molecule has 0 spiro atoms. The van der Waals surface area contributed by atoms with Crippen LogP contribution in [0.5, 0.6) is 0 Å². The van der Waals surface area contributed by atoms with Crippen molar-refractivity contribution in [3.8, 4) is 0 Å². The molecule has 0 bridgehead atoms. The second-order valence-electron chi connectivity index (χ2n) is 7.72. The lowest BCUT2D eigenvalue weighted by atomic mass is 10.0. The first-order chi connectivity index (χ1) is 15.8. The van der Waals surface area contributed by atoms with E-state index in [0.717, 1.165) is 24.8 Å². The molecule has 1 aliphatic carbocycles. The molecular formula is C24H28N2O6S. The van der Waals surface area contributed by atoms with Gasteiger partial charge >= 0.3 is 5.97 Å². The van der Waals surface area contributed by atoms with Crippen molar-refractivity contribution in [2.24, 2.45) is 0 Å². The van der Waals surface area contributed by atoms with Crippen molar-refractivity contribution >= 4 is 27.7 Å². The molecule has 1 N–H and O–H groups in total. The Morgan fingerprint density at radius 3 is 2.24 bits per heavy atom. The number of ketones is 1. The van der Waals surface area contributed by atoms with Crippen LogP contribution in [0.4, 0.5) is 0 Å². The predicted molar refractivity (Wildman–Crippen MR) is 123 cm³/mol. The van der Waals surface area contributed by atoms with Crippen molar-refractivity contribution in [3.63, 3.8) is 0 Å². The van der Waals surface area contributed by atoms with Crippen LogP contribution in [0, 0.1) is 0 Å². The van der Waals surface area contributed by atoms with Gasteiger partial charge in [0.1, 0.15) is 6.54 Å². The molecule has 8 nitrogen and oxygen atoms in total. The van der Waals surface area contributed by atoms with Gasteiger partial charge in [-0.05, 0) is 60.7 Å². The summed E-state index contributed by atoms with van der Waals surface area (Å²) in [6.07, 6.45) is 3.05. The summed E-state index contributed by atoms with van der Waals surface area (Å²) in [5, 5.41) is 2.41. The zero-order valence-electron chi connectivity index (χ0n) is 18.8. The van der Waals surface area contributed by atoms with E-state index < -0.39 is 35.1 Å². The Labute approximate surface area is 194 Å². The van der Waals surface area contributed by atoms with Gasteiger partial charge in [0, 0.05) is 24.2 Å². The molecule has 0 aliphatic heterocycles. The van der Waals surface area contributed by atoms with E-state index in [1.165, 1.54) is 34.1 Å². The fraction of sp³-hybridized carbons (Fsp3) is 0.375. The zero-order valence-corrected chi connectivity index (χ0v) is 19.6. The van der Waals surface area contributed by atoms with Crippen LogP contribution in [0.3, 0.4) is 0 Å². The number of carbonyl (C=O) groups excluding carboxylic acids is 3. The number of benzene rings is 2. The molecular weight excluding hydrogens is 444 g/mol. The molecule has 9 heteroatoms. The molecule has 176 valence electrons. The van der Waals surface area contributed by atoms with Gasteiger partial charge in [-0.25, -0.2) is 8.42 Å². The SMILES string of the molecule is CCN(CC)S(=O)(=O)c1ccc(C(=O)NCC(=O)OCC(=O)c2ccc3c(c2)CCC3)cc1. The summed E-state index contributed by atoms with van der Waals surface area (Å²) in [5.41, 5.74) is 3.13. The number of Topliss-reactive ketones (excluding diaryl/α,β-unsaturated/α-hetero) is 1. The van der Waals surface area contributed by atoms with E-state index in [0.29, 0.717) is 18.7 Å². The summed E-state index contributed by atoms with van der Waals surface area (Å²) in [5.74, 6) is -1.59. The van der Waals surface area contributed by atoms with Gasteiger partial charge < -0.3 is 10.1 Å². The molecule has 0 radical (unpaired) electrons. The van der Waals surface area contributed by atoms with Crippen LogP contribution in [-0.4, -0.2) is 56.6 Å². The first kappa shape index (κ1) is 24.6. The van der Waals surface area contributed by atoms with E-state index >= 15 is 0 Å². The van der Waals surface area contributed by atoms with Gasteiger partial charge in [-0.2, -0.15) is 4.31 Å². The van der Waals surface area contributed by atoms with Gasteiger partial charge in [-0.1, -0.05) is 26.0 Å². The van der Waals surface area contributed by atoms with E-state index in [-0.39, 0.29) is 16.2 Å². The fourth-order valence-electron chi connectivity index (χ4n) is 3.77. The summed E-state index contributed by atoms with van der Waals surface area (Å²) in [6, 6.07) is 11.0. The molecule has 1 amide bonds. The molecule has 0 heterocycles. The van der Waals surface area contributed by atoms with Crippen LogP contribution in [0.15, 0.2) is 47.4 Å². The Bertz CT molecular complexity index is 1140. The van der Waals surface area contributed by atoms with Crippen molar-refractivity contribution in [1.29, 1.82) is 0 Å². The van der Waals surface area contributed by atoms with Crippen LogP contribution in [0.25, 0.3) is 0 Å². The highest BCUT2D eigenvalue weighted by Gasteiger charge is 2.22. The minimum Gasteiger partial charge on any atom is -0.456 e. The maximum atomic E-state index is 12.5. The van der Waals surface area contributed by atoms with Crippen LogP contribution >= 0.6 is 0 Å². The first-order valence-electron chi connectivity index (χ1n) is 10.9. The van der Waals surface area contributed by atoms with Crippen molar-refractivity contribution in [3.05, 3.63) is 64.7 Å². The molecule has 3 rings (SSSR count). The van der Waals surface area contributed by atoms with E-state index in [4.69, 9.17) is 4.74 Å². The van der Waals surface area contributed by atoms with E-state index in [1.54, 1.807) is 19.9 Å². The Balaban J connectivity index is 1.49. The first-order valence-corrected chi connectivity index (χ1v) is 12.4. The van der Waals surface area contributed by atoms with E-state index in [2.05, 4.69) is 5.32 Å². The number of nitrogens with zero attached hydrogens (tertiary/aromatic N) is 1. The largest absolute Gasteiger partial charge is 0.456 e. The molecule has 0 atom stereocenters. The normalized spacial score (nSPS) is 12.9. The van der Waals surface area contributed by atoms with Gasteiger partial charge in [-0.15, -0.1) is 0 Å². The van der Waals surface area contributed by atoms with Crippen molar-refractivity contribution in [1.82, 2.24) is 9.62 Å². The number of esters is 1. The third-order valence-electron chi connectivity index (χ3n) is 5.64. The maximum Gasteiger partial charge on any atom is 0.325 e. The number of hydrogen-bond donors (Lipinski definition) is 1. The number of hydrogen-bond acceptors (Lipinski definition) is 6. The molecule has 2 aromatic carbocycles. The summed E-state index contributed by atoms with van der Waals surface area (Å²) < 4.78 is 31.3. The number of sulfonamides is 1. The van der Waals surface area contributed by atoms with Crippen molar-refractivity contribution in [2.75, 3.05) is 26.2 Å². The highest BCUT2D eigenvalue weighted by Crippen LogP contribution is 2.23. The maximum absolute atomic E-state index is 12.5. The summed E-state index contributed by atoms with van der Waals surface area (Å²) in [6.45, 7) is 3.39. The number of rotatable bonds is 10. The van der Waals surface area contributed by atoms with Crippen molar-refractivity contribution in [2.45, 2.75) is 38.0 Å². The Morgan fingerprint density at radius 1 is 0.939 bits per heavy atom. The number of amides is 1. The summed E-state index contributed by atoms with van der Waals surface area (Å²) in [4.78, 5) is 36.6. The Hall–Kier alpha value is -3.04. The molecule has 2 aromatic rings. The molecule has 0 saturated heterocycles. The number of aryl methyl sites for hydroxylation is 2. The average molecular weight is 473 g/mol. The topological polar surface area (TPSA) is 110 Å². The van der Waals surface area contributed by atoms with Crippen molar-refractivity contribution < 1.29 is 27.5 Å². The van der Waals surface area contributed by atoms with Gasteiger partial charge in [0.05, 0.1) is 4.90 Å². The predicted octanol–water partition coefficient (Wildman–Crippen LogP) is 2.36. The van der Waals surface area contributed by atoms with Crippen LogP contribution < -0.4 is 5.32 Å². The van der Waals surface area contributed by atoms with Crippen LogP contribution in [0.1, 0.15) is 52.1 Å². The molecule has 0 saturated carbocycles. The van der Waals surface area contributed by atoms with Crippen LogP contribution in [-0.2, 0) is 32.4 Å². The second kappa shape index (κ2) is 10.7. The highest BCUT2D eigenvalue weighted by atomic mass is 32.2. The van der Waals surface area contributed by atoms with Crippen LogP contribution in [0.2, 0.25) is 0 Å². The third kappa shape index (κ3) is 5.85. The molecule has 0 unspecified atom stereocenters. The van der Waals surface area contributed by atoms with Gasteiger partial charge in [0.15, 0.2) is 12.4 Å². The fourth-order valence-corrected chi connectivity index (χ4v) is 5.23. The molecule has 1 aliphatic rings. The lowest BCUT2D eigenvalue weighted by molar-refractivity contribution is -0.141. The molecule has 0 fully saturated rings. The van der Waals surface area contributed by atoms with E-state index in [1.807, 2.05) is 12.1 Å². The molecule has 0 aromatic heterocycles. The van der Waals surface area contributed by atoms with Gasteiger partial charge in [0.25, 0.3) is 5.91 Å². The standard InChI is InChI=1S/C24H28N2O6S/c1-3-26(4-2)33(30,31)21-12-10-18(11-13-21)24(29)25-15-23(28)32-16-22(27)20-9-8-17-6-5-7-19(17)14-20/h8-14H,3-7,15-16H2,1-2H3,(H,25,29). The number of carbonyl (C=O) groups is 3. The average Bonchev–Trinajstić information content (AvgIpc) is 3.29. The van der Waals surface area contributed by atoms with Gasteiger partial charge in [-0.3, -0.25) is 14.4 Å². The minimum absolute atomic E-state index is 0.0900. The Morgan fingerprint density at radius 2 is 1.58 bits per heavy atom.